The van der Waals surface area contributed by atoms with Crippen LogP contribution in [0.3, 0.4) is 0 Å². The minimum atomic E-state index is -1.30. The van der Waals surface area contributed by atoms with Gasteiger partial charge in [-0.05, 0) is 60.4 Å². The molecule has 2 bridgehead atoms. The number of carbonyl (C=O) groups is 4. The van der Waals surface area contributed by atoms with Crippen LogP contribution in [0.25, 0.3) is 0 Å². The van der Waals surface area contributed by atoms with E-state index in [4.69, 9.17) is 23.2 Å². The number of nitrogens with one attached hydrogen (secondary N) is 1. The largest absolute Gasteiger partial charge is 0.324 e. The molecule has 1 fully saturated rings. The summed E-state index contributed by atoms with van der Waals surface area (Å²) >= 11 is 14.8. The monoisotopic (exact) mass is 532 g/mol. The Morgan fingerprint density at radius 3 is 1.57 bits per heavy atom. The van der Waals surface area contributed by atoms with E-state index in [0.29, 0.717) is 33.5 Å². The minimum absolute atomic E-state index is 0.0938. The van der Waals surface area contributed by atoms with Crippen molar-refractivity contribution in [3.05, 3.63) is 101 Å². The summed E-state index contributed by atoms with van der Waals surface area (Å²) in [5, 5.41) is 2.74. The number of hydrogen-bond acceptors (Lipinski definition) is 4. The first kappa shape index (κ1) is 23.9. The second-order valence-electron chi connectivity index (χ2n) is 9.82. The number of nitrogens with zero attached hydrogens (tertiary/aromatic N) is 1. The molecule has 7 rings (SSSR count). The van der Waals surface area contributed by atoms with Crippen LogP contribution in [0.2, 0.25) is 0 Å². The van der Waals surface area contributed by atoms with Gasteiger partial charge in [-0.25, -0.2) is 0 Å². The maximum absolute atomic E-state index is 14.0. The third-order valence-electron chi connectivity index (χ3n) is 7.95. The molecule has 37 heavy (non-hydrogen) atoms. The summed E-state index contributed by atoms with van der Waals surface area (Å²) in [6.45, 7) is 2.97. The number of ketones is 1. The number of amides is 3. The molecular formula is C29H22Cl2N2O4. The highest BCUT2D eigenvalue weighted by Crippen LogP contribution is 2.69. The normalized spacial score (nSPS) is 27.8. The van der Waals surface area contributed by atoms with E-state index in [-0.39, 0.29) is 5.78 Å². The average Bonchev–Trinajstić information content (AvgIpc) is 3.18. The maximum atomic E-state index is 14.0. The van der Waals surface area contributed by atoms with Gasteiger partial charge in [-0.15, -0.1) is 23.2 Å². The molecule has 3 amide bonds. The number of alkyl halides is 2. The Hall–Kier alpha value is -3.48. The van der Waals surface area contributed by atoms with Crippen molar-refractivity contribution in [2.75, 3.05) is 5.32 Å². The lowest BCUT2D eigenvalue weighted by atomic mass is 9.54. The second kappa shape index (κ2) is 8.01. The fourth-order valence-corrected chi connectivity index (χ4v) is 7.32. The van der Waals surface area contributed by atoms with Gasteiger partial charge in [-0.1, -0.05) is 48.5 Å². The van der Waals surface area contributed by atoms with Gasteiger partial charge in [0.1, 0.15) is 15.8 Å². The number of imide groups is 1. The zero-order chi connectivity index (χ0) is 26.3. The van der Waals surface area contributed by atoms with Crippen LogP contribution in [0.4, 0.5) is 5.69 Å². The molecule has 4 aliphatic rings. The molecule has 3 aliphatic carbocycles. The van der Waals surface area contributed by atoms with Crippen molar-refractivity contribution in [1.29, 1.82) is 0 Å². The fourth-order valence-electron chi connectivity index (χ4n) is 6.22. The van der Waals surface area contributed by atoms with Crippen LogP contribution in [0.5, 0.6) is 0 Å². The fraction of sp³-hybridized carbons (Fsp3) is 0.241. The second-order valence-corrected chi connectivity index (χ2v) is 11.0. The first-order valence-corrected chi connectivity index (χ1v) is 12.7. The van der Waals surface area contributed by atoms with Crippen molar-refractivity contribution in [3.63, 3.8) is 0 Å². The SMILES string of the molecule is CC(=O)c1ccc(NC(=O)[C@H](C)N2C(=O)[C@H]3[C@H](C2=O)C2(Cl)c4ccccc4C3(Cl)c3ccccc32)cc1. The third-order valence-corrected chi connectivity index (χ3v) is 9.23. The number of Topliss-reactive ketones (excluding diaryl/α,β-unsaturated/α-hetero) is 1. The maximum Gasteiger partial charge on any atom is 0.247 e. The Bertz CT molecular complexity index is 1390. The van der Waals surface area contributed by atoms with Gasteiger partial charge in [-0.2, -0.15) is 0 Å². The summed E-state index contributed by atoms with van der Waals surface area (Å²) in [5.74, 6) is -3.60. The van der Waals surface area contributed by atoms with Gasteiger partial charge in [0.25, 0.3) is 0 Å². The zero-order valence-electron chi connectivity index (χ0n) is 20.0. The van der Waals surface area contributed by atoms with E-state index < -0.39 is 45.3 Å². The average molecular weight is 533 g/mol. The summed E-state index contributed by atoms with van der Waals surface area (Å²) in [6, 6.07) is 20.1. The molecule has 3 aromatic carbocycles. The van der Waals surface area contributed by atoms with Crippen LogP contribution < -0.4 is 5.32 Å². The van der Waals surface area contributed by atoms with E-state index >= 15 is 0 Å². The lowest BCUT2D eigenvalue weighted by molar-refractivity contribution is -0.146. The lowest BCUT2D eigenvalue weighted by Crippen LogP contribution is -2.57. The van der Waals surface area contributed by atoms with Crippen molar-refractivity contribution in [3.8, 4) is 0 Å². The number of rotatable bonds is 4. The van der Waals surface area contributed by atoms with E-state index in [9.17, 15) is 19.2 Å². The van der Waals surface area contributed by atoms with Crippen LogP contribution in [-0.4, -0.2) is 34.4 Å². The number of hydrogen-bond donors (Lipinski definition) is 1. The van der Waals surface area contributed by atoms with E-state index in [2.05, 4.69) is 5.32 Å². The van der Waals surface area contributed by atoms with Gasteiger partial charge >= 0.3 is 0 Å². The molecule has 8 heteroatoms. The molecule has 6 nitrogen and oxygen atoms in total. The van der Waals surface area contributed by atoms with Crippen molar-refractivity contribution >= 4 is 52.4 Å². The zero-order valence-corrected chi connectivity index (χ0v) is 21.5. The molecule has 0 saturated carbocycles. The van der Waals surface area contributed by atoms with Gasteiger partial charge in [-0.3, -0.25) is 24.1 Å². The molecule has 3 atom stereocenters. The third kappa shape index (κ3) is 3.00. The Kier molecular flexibility index (Phi) is 5.17. The van der Waals surface area contributed by atoms with Gasteiger partial charge in [0.15, 0.2) is 5.78 Å². The van der Waals surface area contributed by atoms with Crippen molar-refractivity contribution < 1.29 is 19.2 Å². The first-order valence-electron chi connectivity index (χ1n) is 12.0. The topological polar surface area (TPSA) is 83.6 Å². The molecule has 0 radical (unpaired) electrons. The van der Waals surface area contributed by atoms with Gasteiger partial charge in [0.2, 0.25) is 17.7 Å². The number of anilines is 1. The lowest BCUT2D eigenvalue weighted by Gasteiger charge is -2.54. The number of likely N-dealkylation sites (tertiary alicyclic amines) is 1. The van der Waals surface area contributed by atoms with E-state index in [1.54, 1.807) is 24.3 Å². The Morgan fingerprint density at radius 2 is 1.19 bits per heavy atom. The first-order chi connectivity index (χ1) is 17.6. The number of carbonyl (C=O) groups excluding carboxylic acids is 4. The molecule has 0 aromatic heterocycles. The van der Waals surface area contributed by atoms with Crippen LogP contribution in [0.1, 0.15) is 46.5 Å². The van der Waals surface area contributed by atoms with E-state index in [1.807, 2.05) is 48.5 Å². The van der Waals surface area contributed by atoms with Crippen molar-refractivity contribution in [1.82, 2.24) is 4.90 Å². The van der Waals surface area contributed by atoms with Crippen LogP contribution >= 0.6 is 23.2 Å². The van der Waals surface area contributed by atoms with Crippen LogP contribution in [0, 0.1) is 11.8 Å². The predicted octanol–water partition coefficient (Wildman–Crippen LogP) is 4.81. The van der Waals surface area contributed by atoms with Crippen molar-refractivity contribution in [2.24, 2.45) is 11.8 Å². The molecule has 1 heterocycles. The van der Waals surface area contributed by atoms with Crippen molar-refractivity contribution in [2.45, 2.75) is 29.6 Å². The van der Waals surface area contributed by atoms with Gasteiger partial charge in [0.05, 0.1) is 11.8 Å². The predicted molar refractivity (Wildman–Crippen MR) is 140 cm³/mol. The number of benzene rings is 3. The summed E-state index contributed by atoms with van der Waals surface area (Å²) in [5.41, 5.74) is 3.78. The van der Waals surface area contributed by atoms with Gasteiger partial charge < -0.3 is 5.32 Å². The molecule has 0 spiro atoms. The highest BCUT2D eigenvalue weighted by molar-refractivity contribution is 6.36. The number of halogens is 2. The quantitative estimate of drug-likeness (QED) is 0.297. The Morgan fingerprint density at radius 1 is 0.784 bits per heavy atom. The van der Waals surface area contributed by atoms with E-state index in [0.717, 1.165) is 4.90 Å². The smallest absolute Gasteiger partial charge is 0.247 e. The Labute approximate surface area is 223 Å². The minimum Gasteiger partial charge on any atom is -0.324 e. The summed E-state index contributed by atoms with van der Waals surface area (Å²) in [7, 11) is 0. The highest BCUT2D eigenvalue weighted by atomic mass is 35.5. The molecule has 0 unspecified atom stereocenters. The molecule has 1 N–H and O–H groups in total. The van der Waals surface area contributed by atoms with Crippen LogP contribution in [0.15, 0.2) is 72.8 Å². The standard InChI is InChI=1S/C29H22Cl2N2O4/c1-15(25(35)32-18-13-11-17(12-14-18)16(2)34)33-26(36)23-24(27(33)37)29(31)20-8-4-3-7-19(20)28(23,30)21-9-5-6-10-22(21)29/h3-15,23-24H,1-2H3,(H,32,35)/t15-,23+,24+,28?,29?/m0/s1. The highest BCUT2D eigenvalue weighted by Gasteiger charge is 2.73. The molecule has 186 valence electrons. The molecular weight excluding hydrogens is 511 g/mol. The summed E-state index contributed by atoms with van der Waals surface area (Å²) in [6.07, 6.45) is 0. The summed E-state index contributed by atoms with van der Waals surface area (Å²) < 4.78 is 0. The summed E-state index contributed by atoms with van der Waals surface area (Å²) in [4.78, 5) is 51.1. The Balaban J connectivity index is 1.40. The molecule has 1 aliphatic heterocycles. The van der Waals surface area contributed by atoms with Gasteiger partial charge in [0, 0.05) is 11.3 Å². The molecule has 1 saturated heterocycles. The van der Waals surface area contributed by atoms with Crippen LogP contribution in [-0.2, 0) is 24.1 Å². The van der Waals surface area contributed by atoms with E-state index in [1.165, 1.54) is 13.8 Å². The molecule has 3 aromatic rings.